The number of nitrogens with zero attached hydrogens (tertiary/aromatic N) is 5. The molecule has 0 fully saturated rings. The van der Waals surface area contributed by atoms with E-state index in [0.29, 0.717) is 11.4 Å². The largest absolute Gasteiger partial charge is 0.497 e. The number of hydrogen-bond acceptors (Lipinski definition) is 6. The summed E-state index contributed by atoms with van der Waals surface area (Å²) in [7, 11) is 1.66. The molecule has 1 aromatic heterocycles. The van der Waals surface area contributed by atoms with Crippen molar-refractivity contribution < 1.29 is 4.74 Å². The molecule has 0 bridgehead atoms. The van der Waals surface area contributed by atoms with E-state index < -0.39 is 0 Å². The minimum atomic E-state index is 0. The van der Waals surface area contributed by atoms with Crippen LogP contribution >= 0.6 is 28.7 Å². The second kappa shape index (κ2) is 10.3. The third kappa shape index (κ3) is 4.43. The van der Waals surface area contributed by atoms with Crippen LogP contribution in [0.5, 0.6) is 5.75 Å². The van der Waals surface area contributed by atoms with E-state index >= 15 is 0 Å². The number of allylic oxidation sites excluding steroid dienone is 1. The van der Waals surface area contributed by atoms with Gasteiger partial charge in [-0.1, -0.05) is 36.4 Å². The third-order valence-electron chi connectivity index (χ3n) is 5.79. The van der Waals surface area contributed by atoms with Gasteiger partial charge in [-0.2, -0.15) is 5.26 Å². The van der Waals surface area contributed by atoms with Gasteiger partial charge in [-0.05, 0) is 54.8 Å². The van der Waals surface area contributed by atoms with E-state index in [4.69, 9.17) is 4.74 Å². The fourth-order valence-electron chi connectivity index (χ4n) is 4.15. The van der Waals surface area contributed by atoms with Gasteiger partial charge in [0.05, 0.1) is 12.8 Å². The van der Waals surface area contributed by atoms with Crippen LogP contribution in [0.3, 0.4) is 0 Å². The Morgan fingerprint density at radius 2 is 1.82 bits per heavy atom. The van der Waals surface area contributed by atoms with Crippen molar-refractivity contribution in [2.45, 2.75) is 32.2 Å². The Bertz CT molecular complexity index is 1230. The van der Waals surface area contributed by atoms with E-state index in [-0.39, 0.29) is 17.0 Å². The maximum Gasteiger partial charge on any atom is 0.177 e. The van der Waals surface area contributed by atoms with Gasteiger partial charge < -0.3 is 14.2 Å². The Morgan fingerprint density at radius 3 is 2.55 bits per heavy atom. The smallest absolute Gasteiger partial charge is 0.177 e. The standard InChI is InChI=1S/C25H23N5OS.BrH/c1-31-20-13-11-18(12-14-20)22-17-32-25(30(22)19-8-4-2-5-9-19)21(16-26)24-28-27-23-10-6-3-7-15-29(23)24;/h2,4-5,8-9,11-14,17H,3,6-7,10,15H2,1H3;1H/b25-21+;. The van der Waals surface area contributed by atoms with Gasteiger partial charge in [0.25, 0.3) is 0 Å². The zero-order chi connectivity index (χ0) is 21.9. The molecular weight excluding hydrogens is 498 g/mol. The van der Waals surface area contributed by atoms with Gasteiger partial charge in [-0.3, -0.25) is 0 Å². The summed E-state index contributed by atoms with van der Waals surface area (Å²) >= 11 is 1.55. The number of benzene rings is 2. The minimum absolute atomic E-state index is 0. The molecule has 0 aliphatic carbocycles. The summed E-state index contributed by atoms with van der Waals surface area (Å²) in [6, 6.07) is 20.6. The lowest BCUT2D eigenvalue weighted by molar-refractivity contribution is 0.415. The lowest BCUT2D eigenvalue weighted by atomic mass is 10.1. The number of hydrogen-bond donors (Lipinski definition) is 0. The average molecular weight is 522 g/mol. The maximum absolute atomic E-state index is 10.3. The van der Waals surface area contributed by atoms with Gasteiger partial charge >= 0.3 is 0 Å². The van der Waals surface area contributed by atoms with Crippen LogP contribution in [0.2, 0.25) is 0 Å². The van der Waals surface area contributed by atoms with Crippen LogP contribution in [0, 0.1) is 11.3 Å². The highest BCUT2D eigenvalue weighted by Crippen LogP contribution is 2.46. The molecule has 2 aliphatic heterocycles. The van der Waals surface area contributed by atoms with Crippen molar-refractivity contribution in [2.75, 3.05) is 12.0 Å². The monoisotopic (exact) mass is 521 g/mol. The molecule has 5 rings (SSSR count). The quantitative estimate of drug-likeness (QED) is 0.390. The maximum atomic E-state index is 10.3. The SMILES string of the molecule is Br.COc1ccc(C2=CS/C(=C(\C#N)c3nnc4n3CCCCC4)N2c2ccccc2)cc1. The first kappa shape index (κ1) is 23.1. The van der Waals surface area contributed by atoms with Crippen LogP contribution in [-0.2, 0) is 13.0 Å². The second-order valence-electron chi connectivity index (χ2n) is 7.71. The molecule has 3 aromatic rings. The van der Waals surface area contributed by atoms with Crippen LogP contribution < -0.4 is 9.64 Å². The zero-order valence-corrected chi connectivity index (χ0v) is 20.8. The zero-order valence-electron chi connectivity index (χ0n) is 18.3. The van der Waals surface area contributed by atoms with Gasteiger partial charge in [0.15, 0.2) is 5.82 Å². The van der Waals surface area contributed by atoms with Crippen molar-refractivity contribution in [3.63, 3.8) is 0 Å². The topological polar surface area (TPSA) is 67.0 Å². The van der Waals surface area contributed by atoms with Gasteiger partial charge in [-0.25, -0.2) is 0 Å². The molecule has 0 radical (unpaired) electrons. The highest BCUT2D eigenvalue weighted by atomic mass is 79.9. The number of ether oxygens (including phenoxy) is 1. The number of rotatable bonds is 4. The highest BCUT2D eigenvalue weighted by Gasteiger charge is 2.30. The third-order valence-corrected chi connectivity index (χ3v) is 6.74. The number of para-hydroxylation sites is 1. The molecule has 0 N–H and O–H groups in total. The summed E-state index contributed by atoms with van der Waals surface area (Å²) < 4.78 is 7.46. The number of aromatic nitrogens is 3. The number of thioether (sulfide) groups is 1. The first-order chi connectivity index (χ1) is 15.8. The predicted octanol–water partition coefficient (Wildman–Crippen LogP) is 6.04. The fraction of sp³-hybridized carbons (Fsp3) is 0.240. The van der Waals surface area contributed by atoms with Gasteiger partial charge in [0.1, 0.15) is 28.2 Å². The van der Waals surface area contributed by atoms with E-state index in [1.54, 1.807) is 18.9 Å². The Kier molecular flexibility index (Phi) is 7.21. The van der Waals surface area contributed by atoms with Gasteiger partial charge in [0, 0.05) is 24.1 Å². The number of nitriles is 1. The van der Waals surface area contributed by atoms with Crippen LogP contribution in [0.4, 0.5) is 5.69 Å². The first-order valence-corrected chi connectivity index (χ1v) is 11.6. The molecule has 2 aliphatic rings. The molecule has 0 saturated carbocycles. The molecular formula is C25H24BrN5OS. The van der Waals surface area contributed by atoms with E-state index in [1.165, 1.54) is 6.42 Å². The molecule has 33 heavy (non-hydrogen) atoms. The Hall–Kier alpha value is -3.02. The van der Waals surface area contributed by atoms with Crippen molar-refractivity contribution in [3.05, 3.63) is 82.2 Å². The second-order valence-corrected chi connectivity index (χ2v) is 8.57. The molecule has 0 amide bonds. The van der Waals surface area contributed by atoms with Crippen LogP contribution in [0.1, 0.15) is 36.5 Å². The van der Waals surface area contributed by atoms with E-state index in [1.807, 2.05) is 42.5 Å². The molecule has 0 unspecified atom stereocenters. The van der Waals surface area contributed by atoms with Crippen LogP contribution in [0.25, 0.3) is 11.3 Å². The predicted molar refractivity (Wildman–Crippen MR) is 138 cm³/mol. The average Bonchev–Trinajstić information content (AvgIpc) is 3.38. The van der Waals surface area contributed by atoms with Gasteiger partial charge in [0.2, 0.25) is 0 Å². The number of methoxy groups -OCH3 is 1. The molecule has 168 valence electrons. The van der Waals surface area contributed by atoms with E-state index in [9.17, 15) is 5.26 Å². The van der Waals surface area contributed by atoms with Crippen LogP contribution in [-0.4, -0.2) is 21.9 Å². The van der Waals surface area contributed by atoms with Crippen molar-refractivity contribution in [2.24, 2.45) is 0 Å². The van der Waals surface area contributed by atoms with E-state index in [0.717, 1.165) is 59.4 Å². The summed E-state index contributed by atoms with van der Waals surface area (Å²) in [5, 5.41) is 22.1. The number of halogens is 1. The minimum Gasteiger partial charge on any atom is -0.497 e. The molecule has 8 heteroatoms. The van der Waals surface area contributed by atoms with Crippen molar-refractivity contribution in [1.29, 1.82) is 5.26 Å². The normalized spacial score (nSPS) is 16.7. The van der Waals surface area contributed by atoms with Gasteiger partial charge in [-0.15, -0.1) is 27.2 Å². The Labute approximate surface area is 208 Å². The summed E-state index contributed by atoms with van der Waals surface area (Å²) in [4.78, 5) is 2.14. The molecule has 3 heterocycles. The first-order valence-electron chi connectivity index (χ1n) is 10.7. The summed E-state index contributed by atoms with van der Waals surface area (Å²) in [6.45, 7) is 0.852. The lowest BCUT2D eigenvalue weighted by Crippen LogP contribution is -2.18. The Morgan fingerprint density at radius 1 is 1.03 bits per heavy atom. The molecule has 2 aromatic carbocycles. The lowest BCUT2D eigenvalue weighted by Gasteiger charge is -2.25. The molecule has 6 nitrogen and oxygen atoms in total. The Balaban J connectivity index is 0.00000259. The number of aryl methyl sites for hydroxylation is 1. The summed E-state index contributed by atoms with van der Waals surface area (Å²) in [6.07, 6.45) is 4.28. The van der Waals surface area contributed by atoms with Crippen molar-refractivity contribution in [3.8, 4) is 11.8 Å². The van der Waals surface area contributed by atoms with E-state index in [2.05, 4.69) is 43.3 Å². The van der Waals surface area contributed by atoms with Crippen LogP contribution in [0.15, 0.2) is 65.0 Å². The summed E-state index contributed by atoms with van der Waals surface area (Å²) in [5.74, 6) is 2.45. The summed E-state index contributed by atoms with van der Waals surface area (Å²) in [5.41, 5.74) is 3.62. The van der Waals surface area contributed by atoms with Crippen molar-refractivity contribution >= 4 is 45.7 Å². The molecule has 0 saturated heterocycles. The molecule has 0 atom stereocenters. The fourth-order valence-corrected chi connectivity index (χ4v) is 5.18. The van der Waals surface area contributed by atoms with Crippen molar-refractivity contribution in [1.82, 2.24) is 14.8 Å². The number of fused-ring (bicyclic) bond motifs is 1. The molecule has 0 spiro atoms. The highest BCUT2D eigenvalue weighted by molar-refractivity contribution is 8.93. The number of anilines is 1.